The van der Waals surface area contributed by atoms with E-state index in [1.165, 1.54) is 13.3 Å². The van der Waals surface area contributed by atoms with E-state index in [1.54, 1.807) is 24.3 Å². The first-order chi connectivity index (χ1) is 5.74. The van der Waals surface area contributed by atoms with Crippen LogP contribution in [-0.4, -0.2) is 12.2 Å². The van der Waals surface area contributed by atoms with Gasteiger partial charge in [0.2, 0.25) is 0 Å². The summed E-state index contributed by atoms with van der Waals surface area (Å²) in [6.45, 7) is 1.48. The number of hydrogen-bond acceptors (Lipinski definition) is 2. The van der Waals surface area contributed by atoms with Gasteiger partial charge in [-0.25, -0.2) is 0 Å². The molecule has 0 spiro atoms. The molecule has 0 aliphatic carbocycles. The van der Waals surface area contributed by atoms with Gasteiger partial charge in [-0.1, -0.05) is 12.1 Å². The zero-order valence-corrected chi connectivity index (χ0v) is 6.63. The van der Waals surface area contributed by atoms with E-state index in [2.05, 4.69) is 5.32 Å². The summed E-state index contributed by atoms with van der Waals surface area (Å²) in [4.78, 5) is 20.8. The highest BCUT2D eigenvalue weighted by molar-refractivity contribution is 5.95. The standard InChI is InChI=1S/C9H8NO2/c1-7(12)8-3-2-4-9(5-8)10-6-11/h2-5H,1H3,(H,10,11). The predicted molar refractivity (Wildman–Crippen MR) is 45.8 cm³/mol. The van der Waals surface area contributed by atoms with Crippen LogP contribution in [0.4, 0.5) is 5.69 Å². The second-order valence-corrected chi connectivity index (χ2v) is 2.36. The highest BCUT2D eigenvalue weighted by atomic mass is 16.1. The summed E-state index contributed by atoms with van der Waals surface area (Å²) >= 11 is 0. The largest absolute Gasteiger partial charge is 0.318 e. The van der Waals surface area contributed by atoms with Gasteiger partial charge in [-0.15, -0.1) is 0 Å². The molecule has 0 atom stereocenters. The highest BCUT2D eigenvalue weighted by Gasteiger charge is 1.98. The molecular weight excluding hydrogens is 154 g/mol. The lowest BCUT2D eigenvalue weighted by atomic mass is 10.1. The lowest BCUT2D eigenvalue weighted by Crippen LogP contribution is -1.96. The van der Waals surface area contributed by atoms with Gasteiger partial charge in [-0.2, -0.15) is 0 Å². The molecule has 1 radical (unpaired) electrons. The van der Waals surface area contributed by atoms with Crippen molar-refractivity contribution in [3.05, 3.63) is 29.8 Å². The van der Waals surface area contributed by atoms with Gasteiger partial charge in [-0.05, 0) is 19.1 Å². The number of carbonyl (C=O) groups excluding carboxylic acids is 2. The van der Waals surface area contributed by atoms with Crippen molar-refractivity contribution in [2.24, 2.45) is 0 Å². The fourth-order valence-corrected chi connectivity index (χ4v) is 0.875. The van der Waals surface area contributed by atoms with Crippen LogP contribution in [0, 0.1) is 0 Å². The minimum atomic E-state index is -0.0236. The van der Waals surface area contributed by atoms with Crippen LogP contribution in [0.15, 0.2) is 24.3 Å². The van der Waals surface area contributed by atoms with Crippen molar-refractivity contribution in [3.63, 3.8) is 0 Å². The van der Waals surface area contributed by atoms with E-state index in [9.17, 15) is 9.59 Å². The molecule has 0 saturated carbocycles. The minimum Gasteiger partial charge on any atom is -0.318 e. The third-order valence-corrected chi connectivity index (χ3v) is 1.46. The summed E-state index contributed by atoms with van der Waals surface area (Å²) in [5.41, 5.74) is 1.16. The Bertz CT molecular complexity index is 307. The molecule has 3 nitrogen and oxygen atoms in total. The van der Waals surface area contributed by atoms with Crippen LogP contribution < -0.4 is 5.32 Å². The van der Waals surface area contributed by atoms with Crippen LogP contribution in [0.2, 0.25) is 0 Å². The molecule has 1 aromatic rings. The Labute approximate surface area is 70.4 Å². The summed E-state index contributed by atoms with van der Waals surface area (Å²) in [7, 11) is 0. The molecule has 0 aliphatic rings. The number of rotatable bonds is 3. The molecule has 1 N–H and O–H groups in total. The average Bonchev–Trinajstić information content (AvgIpc) is 2.05. The van der Waals surface area contributed by atoms with Crippen molar-refractivity contribution in [1.29, 1.82) is 0 Å². The van der Waals surface area contributed by atoms with Crippen molar-refractivity contribution in [1.82, 2.24) is 0 Å². The molecule has 61 valence electrons. The summed E-state index contributed by atoms with van der Waals surface area (Å²) in [5, 5.41) is 2.34. The molecule has 12 heavy (non-hydrogen) atoms. The molecule has 1 amide bonds. The Morgan fingerprint density at radius 1 is 1.50 bits per heavy atom. The highest BCUT2D eigenvalue weighted by Crippen LogP contribution is 2.09. The lowest BCUT2D eigenvalue weighted by molar-refractivity contribution is 0.101. The van der Waals surface area contributed by atoms with E-state index < -0.39 is 0 Å². The van der Waals surface area contributed by atoms with Crippen LogP contribution in [0.25, 0.3) is 0 Å². The Morgan fingerprint density at radius 2 is 2.25 bits per heavy atom. The predicted octanol–water partition coefficient (Wildman–Crippen LogP) is 1.37. The number of hydrogen-bond donors (Lipinski definition) is 1. The van der Waals surface area contributed by atoms with Gasteiger partial charge in [0, 0.05) is 11.3 Å². The second-order valence-electron chi connectivity index (χ2n) is 2.36. The van der Waals surface area contributed by atoms with Crippen LogP contribution in [0.5, 0.6) is 0 Å². The van der Waals surface area contributed by atoms with Crippen LogP contribution in [-0.2, 0) is 4.79 Å². The average molecular weight is 162 g/mol. The van der Waals surface area contributed by atoms with Crippen molar-refractivity contribution in [3.8, 4) is 0 Å². The topological polar surface area (TPSA) is 46.2 Å². The zero-order chi connectivity index (χ0) is 8.97. The van der Waals surface area contributed by atoms with E-state index in [-0.39, 0.29) is 5.78 Å². The molecule has 1 aromatic carbocycles. The van der Waals surface area contributed by atoms with Gasteiger partial charge >= 0.3 is 6.41 Å². The SMILES string of the molecule is CC(=O)c1cccc(N[C]=O)c1. The van der Waals surface area contributed by atoms with Crippen molar-refractivity contribution in [2.45, 2.75) is 6.92 Å². The quantitative estimate of drug-likeness (QED) is 0.539. The first-order valence-corrected chi connectivity index (χ1v) is 3.48. The Morgan fingerprint density at radius 3 is 2.83 bits per heavy atom. The summed E-state index contributed by atoms with van der Waals surface area (Å²) in [5.74, 6) is -0.0236. The van der Waals surface area contributed by atoms with Crippen molar-refractivity contribution >= 4 is 17.9 Å². The van der Waals surface area contributed by atoms with Gasteiger partial charge < -0.3 is 5.32 Å². The number of nitrogens with one attached hydrogen (secondary N) is 1. The summed E-state index contributed by atoms with van der Waals surface area (Å²) in [6.07, 6.45) is 1.54. The first-order valence-electron chi connectivity index (χ1n) is 3.48. The zero-order valence-electron chi connectivity index (χ0n) is 6.63. The van der Waals surface area contributed by atoms with E-state index in [4.69, 9.17) is 0 Å². The molecule has 0 heterocycles. The Hall–Kier alpha value is -1.64. The van der Waals surface area contributed by atoms with Crippen molar-refractivity contribution in [2.75, 3.05) is 5.32 Å². The number of ketones is 1. The number of amides is 1. The fraction of sp³-hybridized carbons (Fsp3) is 0.111. The van der Waals surface area contributed by atoms with Crippen LogP contribution in [0.3, 0.4) is 0 Å². The molecule has 3 heteroatoms. The maximum absolute atomic E-state index is 10.9. The number of anilines is 1. The van der Waals surface area contributed by atoms with E-state index in [1.807, 2.05) is 0 Å². The number of Topliss-reactive ketones (excluding diaryl/α,β-unsaturated/α-hetero) is 1. The van der Waals surface area contributed by atoms with Gasteiger partial charge in [0.05, 0.1) is 0 Å². The number of carbonyl (C=O) groups is 1. The molecule has 0 aromatic heterocycles. The molecule has 0 bridgehead atoms. The monoisotopic (exact) mass is 162 g/mol. The van der Waals surface area contributed by atoms with Crippen molar-refractivity contribution < 1.29 is 9.59 Å². The lowest BCUT2D eigenvalue weighted by Gasteiger charge is -1.98. The fourth-order valence-electron chi connectivity index (χ4n) is 0.875. The summed E-state index contributed by atoms with van der Waals surface area (Å²) < 4.78 is 0. The van der Waals surface area contributed by atoms with Crippen LogP contribution in [0.1, 0.15) is 17.3 Å². The Balaban J connectivity index is 2.95. The van der Waals surface area contributed by atoms with Crippen LogP contribution >= 0.6 is 0 Å². The van der Waals surface area contributed by atoms with Gasteiger partial charge in [0.15, 0.2) is 5.78 Å². The van der Waals surface area contributed by atoms with Gasteiger partial charge in [-0.3, -0.25) is 9.59 Å². The third kappa shape index (κ3) is 1.92. The number of benzene rings is 1. The maximum Gasteiger partial charge on any atom is 0.314 e. The molecular formula is C9H8NO2. The Kier molecular flexibility index (Phi) is 2.58. The molecule has 1 rings (SSSR count). The van der Waals surface area contributed by atoms with Gasteiger partial charge in [0.25, 0.3) is 0 Å². The smallest absolute Gasteiger partial charge is 0.314 e. The molecule has 0 saturated heterocycles. The normalized spacial score (nSPS) is 9.08. The first kappa shape index (κ1) is 8.46. The van der Waals surface area contributed by atoms with E-state index >= 15 is 0 Å². The molecule has 0 aliphatic heterocycles. The third-order valence-electron chi connectivity index (χ3n) is 1.46. The molecule has 0 unspecified atom stereocenters. The summed E-state index contributed by atoms with van der Waals surface area (Å²) in [6, 6.07) is 6.69. The van der Waals surface area contributed by atoms with Gasteiger partial charge in [0.1, 0.15) is 0 Å². The minimum absolute atomic E-state index is 0.0236. The maximum atomic E-state index is 10.9. The molecule has 0 fully saturated rings. The van der Waals surface area contributed by atoms with E-state index in [0.717, 1.165) is 0 Å². The second kappa shape index (κ2) is 3.67. The van der Waals surface area contributed by atoms with E-state index in [0.29, 0.717) is 11.3 Å².